The topological polar surface area (TPSA) is 63.9 Å². The summed E-state index contributed by atoms with van der Waals surface area (Å²) >= 11 is 0. The summed E-state index contributed by atoms with van der Waals surface area (Å²) < 4.78 is 0. The number of amides is 1. The standard InChI is InChI=1S/C7H13N5O/c1-3-4-5-12(6-13)7-8-10-11(2)9-7/h6H,3-5H2,1-2H3. The number of aromatic nitrogens is 4. The van der Waals surface area contributed by atoms with Crippen LogP contribution in [0, 0.1) is 0 Å². The molecule has 0 atom stereocenters. The van der Waals surface area contributed by atoms with Gasteiger partial charge in [-0.05, 0) is 11.6 Å². The molecule has 0 radical (unpaired) electrons. The van der Waals surface area contributed by atoms with Crippen LogP contribution in [0.1, 0.15) is 19.8 Å². The maximum absolute atomic E-state index is 10.6. The molecule has 72 valence electrons. The number of aryl methyl sites for hydroxylation is 1. The largest absolute Gasteiger partial charge is 0.281 e. The van der Waals surface area contributed by atoms with Crippen molar-refractivity contribution in [2.75, 3.05) is 11.4 Å². The van der Waals surface area contributed by atoms with E-state index in [2.05, 4.69) is 22.3 Å². The van der Waals surface area contributed by atoms with Gasteiger partial charge in [-0.3, -0.25) is 9.69 Å². The molecule has 0 saturated heterocycles. The van der Waals surface area contributed by atoms with Gasteiger partial charge in [-0.2, -0.15) is 4.80 Å². The molecule has 0 spiro atoms. The molecule has 0 aliphatic carbocycles. The van der Waals surface area contributed by atoms with E-state index in [1.54, 1.807) is 7.05 Å². The summed E-state index contributed by atoms with van der Waals surface area (Å²) in [5, 5.41) is 11.3. The third-order valence-corrected chi connectivity index (χ3v) is 1.63. The van der Waals surface area contributed by atoms with E-state index in [4.69, 9.17) is 0 Å². The van der Waals surface area contributed by atoms with Gasteiger partial charge in [0.15, 0.2) is 0 Å². The van der Waals surface area contributed by atoms with Crippen molar-refractivity contribution in [1.82, 2.24) is 20.2 Å². The quantitative estimate of drug-likeness (QED) is 0.601. The Kier molecular flexibility index (Phi) is 3.36. The Morgan fingerprint density at radius 3 is 2.85 bits per heavy atom. The fourth-order valence-corrected chi connectivity index (χ4v) is 0.917. The van der Waals surface area contributed by atoms with Crippen LogP contribution in [0.25, 0.3) is 0 Å². The van der Waals surface area contributed by atoms with E-state index >= 15 is 0 Å². The first kappa shape index (κ1) is 9.63. The van der Waals surface area contributed by atoms with Crippen LogP contribution in [0.2, 0.25) is 0 Å². The molecule has 1 aromatic rings. The fraction of sp³-hybridized carbons (Fsp3) is 0.714. The maximum Gasteiger partial charge on any atom is 0.272 e. The monoisotopic (exact) mass is 183 g/mol. The van der Waals surface area contributed by atoms with Crippen molar-refractivity contribution in [2.24, 2.45) is 7.05 Å². The molecule has 0 unspecified atom stereocenters. The van der Waals surface area contributed by atoms with Gasteiger partial charge in [0.2, 0.25) is 6.41 Å². The van der Waals surface area contributed by atoms with Gasteiger partial charge in [0.05, 0.1) is 7.05 Å². The summed E-state index contributed by atoms with van der Waals surface area (Å²) in [6, 6.07) is 0. The highest BCUT2D eigenvalue weighted by Gasteiger charge is 2.09. The van der Waals surface area contributed by atoms with E-state index in [-0.39, 0.29) is 0 Å². The van der Waals surface area contributed by atoms with Gasteiger partial charge in [0, 0.05) is 6.54 Å². The molecule has 0 aliphatic heterocycles. The molecule has 1 rings (SSSR count). The molecule has 1 amide bonds. The SMILES string of the molecule is CCCCN(C=O)c1nnn(C)n1. The highest BCUT2D eigenvalue weighted by Crippen LogP contribution is 2.02. The predicted octanol–water partition coefficient (Wildman–Crippen LogP) is -0.0270. The number of anilines is 1. The third-order valence-electron chi connectivity index (χ3n) is 1.63. The Bertz CT molecular complexity index is 272. The van der Waals surface area contributed by atoms with Crippen LogP contribution in [-0.2, 0) is 11.8 Å². The van der Waals surface area contributed by atoms with Gasteiger partial charge in [0.25, 0.3) is 5.95 Å². The van der Waals surface area contributed by atoms with E-state index in [0.717, 1.165) is 19.3 Å². The van der Waals surface area contributed by atoms with Gasteiger partial charge in [-0.25, -0.2) is 0 Å². The van der Waals surface area contributed by atoms with Gasteiger partial charge in [-0.1, -0.05) is 18.4 Å². The van der Waals surface area contributed by atoms with Crippen molar-refractivity contribution in [3.05, 3.63) is 0 Å². The van der Waals surface area contributed by atoms with Gasteiger partial charge in [-0.15, -0.1) is 5.10 Å². The zero-order chi connectivity index (χ0) is 9.68. The first-order chi connectivity index (χ1) is 6.27. The second-order valence-corrected chi connectivity index (χ2v) is 2.73. The molecule has 0 aliphatic rings. The molecule has 0 aromatic carbocycles. The molecule has 0 saturated carbocycles. The predicted molar refractivity (Wildman–Crippen MR) is 47.1 cm³/mol. The number of hydrogen-bond donors (Lipinski definition) is 0. The van der Waals surface area contributed by atoms with Crippen molar-refractivity contribution in [3.63, 3.8) is 0 Å². The second-order valence-electron chi connectivity index (χ2n) is 2.73. The molecule has 0 bridgehead atoms. The first-order valence-electron chi connectivity index (χ1n) is 4.24. The second kappa shape index (κ2) is 4.54. The van der Waals surface area contributed by atoms with Crippen LogP contribution in [0.5, 0.6) is 0 Å². The van der Waals surface area contributed by atoms with Crippen LogP contribution in [0.4, 0.5) is 5.95 Å². The number of nitrogens with zero attached hydrogens (tertiary/aromatic N) is 5. The molecule has 1 aromatic heterocycles. The number of unbranched alkanes of at least 4 members (excludes halogenated alkanes) is 1. The summed E-state index contributed by atoms with van der Waals surface area (Å²) in [6.45, 7) is 2.71. The highest BCUT2D eigenvalue weighted by atomic mass is 16.1. The van der Waals surface area contributed by atoms with Crippen molar-refractivity contribution in [1.29, 1.82) is 0 Å². The third kappa shape index (κ3) is 2.50. The molecular weight excluding hydrogens is 170 g/mol. The maximum atomic E-state index is 10.6. The van der Waals surface area contributed by atoms with E-state index in [1.807, 2.05) is 0 Å². The minimum Gasteiger partial charge on any atom is -0.281 e. The Hall–Kier alpha value is -1.46. The Balaban J connectivity index is 2.61. The average molecular weight is 183 g/mol. The molecule has 6 heteroatoms. The van der Waals surface area contributed by atoms with Crippen LogP contribution < -0.4 is 4.90 Å². The minimum absolute atomic E-state index is 0.367. The molecule has 1 heterocycles. The van der Waals surface area contributed by atoms with Gasteiger partial charge >= 0.3 is 0 Å². The van der Waals surface area contributed by atoms with Crippen LogP contribution in [0.15, 0.2) is 0 Å². The number of tetrazole rings is 1. The van der Waals surface area contributed by atoms with E-state index in [9.17, 15) is 4.79 Å². The summed E-state index contributed by atoms with van der Waals surface area (Å²) in [4.78, 5) is 13.4. The Morgan fingerprint density at radius 1 is 1.62 bits per heavy atom. The molecular formula is C7H13N5O. The van der Waals surface area contributed by atoms with Crippen LogP contribution >= 0.6 is 0 Å². The normalized spacial score (nSPS) is 10.0. The lowest BCUT2D eigenvalue weighted by Gasteiger charge is -2.10. The fourth-order valence-electron chi connectivity index (χ4n) is 0.917. The van der Waals surface area contributed by atoms with Crippen molar-refractivity contribution < 1.29 is 4.79 Å². The smallest absolute Gasteiger partial charge is 0.272 e. The minimum atomic E-state index is 0.367. The Labute approximate surface area is 76.5 Å². The number of carbonyl (C=O) groups is 1. The van der Waals surface area contributed by atoms with E-state index in [0.29, 0.717) is 12.5 Å². The zero-order valence-corrected chi connectivity index (χ0v) is 7.84. The average Bonchev–Trinajstić information content (AvgIpc) is 2.54. The summed E-state index contributed by atoms with van der Waals surface area (Å²) in [5.74, 6) is 0.367. The number of hydrogen-bond acceptors (Lipinski definition) is 4. The Morgan fingerprint density at radius 2 is 2.38 bits per heavy atom. The van der Waals surface area contributed by atoms with Gasteiger partial charge in [0.1, 0.15) is 0 Å². The lowest BCUT2D eigenvalue weighted by atomic mass is 10.3. The van der Waals surface area contributed by atoms with Crippen molar-refractivity contribution in [3.8, 4) is 0 Å². The number of carbonyl (C=O) groups excluding carboxylic acids is 1. The molecule has 6 nitrogen and oxygen atoms in total. The molecule has 0 N–H and O–H groups in total. The molecule has 13 heavy (non-hydrogen) atoms. The van der Waals surface area contributed by atoms with Crippen molar-refractivity contribution in [2.45, 2.75) is 19.8 Å². The molecule has 0 fully saturated rings. The summed E-state index contributed by atoms with van der Waals surface area (Å²) in [7, 11) is 1.67. The van der Waals surface area contributed by atoms with Crippen LogP contribution in [-0.4, -0.2) is 33.2 Å². The van der Waals surface area contributed by atoms with E-state index in [1.165, 1.54) is 9.70 Å². The van der Waals surface area contributed by atoms with Gasteiger partial charge < -0.3 is 0 Å². The lowest BCUT2D eigenvalue weighted by molar-refractivity contribution is -0.107. The van der Waals surface area contributed by atoms with Crippen LogP contribution in [0.3, 0.4) is 0 Å². The summed E-state index contributed by atoms with van der Waals surface area (Å²) in [6.07, 6.45) is 2.70. The van der Waals surface area contributed by atoms with E-state index < -0.39 is 0 Å². The lowest BCUT2D eigenvalue weighted by Crippen LogP contribution is -2.23. The zero-order valence-electron chi connectivity index (χ0n) is 7.84. The van der Waals surface area contributed by atoms with Crippen molar-refractivity contribution >= 4 is 12.4 Å². The summed E-state index contributed by atoms with van der Waals surface area (Å²) in [5.41, 5.74) is 0. The number of rotatable bonds is 5. The first-order valence-corrected chi connectivity index (χ1v) is 4.24. The highest BCUT2D eigenvalue weighted by molar-refractivity contribution is 5.70.